The van der Waals surface area contributed by atoms with E-state index in [1.807, 2.05) is 42.6 Å². The SMILES string of the molecule is CC(C)(CC(=O)N[C@H]1COC[C@H]1Cc1ccnc2ccccc12)c1ccccc1. The van der Waals surface area contributed by atoms with Gasteiger partial charge in [0, 0.05) is 23.9 Å². The Morgan fingerprint density at radius 2 is 1.83 bits per heavy atom. The zero-order chi connectivity index (χ0) is 20.3. The van der Waals surface area contributed by atoms with Crippen LogP contribution in [0.5, 0.6) is 0 Å². The van der Waals surface area contributed by atoms with Gasteiger partial charge in [0.15, 0.2) is 0 Å². The van der Waals surface area contributed by atoms with Gasteiger partial charge in [-0.05, 0) is 35.1 Å². The lowest BCUT2D eigenvalue weighted by Gasteiger charge is -2.26. The quantitative estimate of drug-likeness (QED) is 0.686. The molecule has 2 atom stereocenters. The molecule has 0 saturated carbocycles. The maximum absolute atomic E-state index is 12.8. The second-order valence-corrected chi connectivity index (χ2v) is 8.59. The fourth-order valence-electron chi connectivity index (χ4n) is 4.23. The number of amides is 1. The molecule has 1 saturated heterocycles. The minimum Gasteiger partial charge on any atom is -0.379 e. The molecule has 29 heavy (non-hydrogen) atoms. The number of ether oxygens (including phenoxy) is 1. The van der Waals surface area contributed by atoms with Crippen molar-refractivity contribution in [2.45, 2.75) is 38.1 Å². The Labute approximate surface area is 172 Å². The summed E-state index contributed by atoms with van der Waals surface area (Å²) in [7, 11) is 0. The van der Waals surface area contributed by atoms with Crippen molar-refractivity contribution < 1.29 is 9.53 Å². The van der Waals surface area contributed by atoms with Gasteiger partial charge >= 0.3 is 0 Å². The van der Waals surface area contributed by atoms with Crippen molar-refractivity contribution in [2.24, 2.45) is 5.92 Å². The standard InChI is InChI=1S/C25H28N2O2/c1-25(2,20-8-4-3-5-9-20)15-24(28)27-23-17-29-16-19(23)14-18-12-13-26-22-11-7-6-10-21(18)22/h3-13,19,23H,14-17H2,1-2H3,(H,27,28)/t19-,23+/m1/s1. The van der Waals surface area contributed by atoms with Crippen LogP contribution in [0.1, 0.15) is 31.4 Å². The Morgan fingerprint density at radius 3 is 2.66 bits per heavy atom. The molecule has 3 aromatic rings. The summed E-state index contributed by atoms with van der Waals surface area (Å²) in [4.78, 5) is 17.3. The topological polar surface area (TPSA) is 51.2 Å². The van der Waals surface area contributed by atoms with Gasteiger partial charge in [0.1, 0.15) is 0 Å². The monoisotopic (exact) mass is 388 g/mol. The van der Waals surface area contributed by atoms with Crippen molar-refractivity contribution in [2.75, 3.05) is 13.2 Å². The molecule has 1 fully saturated rings. The van der Waals surface area contributed by atoms with E-state index in [-0.39, 0.29) is 23.3 Å². The largest absolute Gasteiger partial charge is 0.379 e. The van der Waals surface area contributed by atoms with Gasteiger partial charge in [0.2, 0.25) is 5.91 Å². The maximum atomic E-state index is 12.8. The molecule has 150 valence electrons. The van der Waals surface area contributed by atoms with Gasteiger partial charge in [-0.1, -0.05) is 62.4 Å². The summed E-state index contributed by atoms with van der Waals surface area (Å²) in [6.45, 7) is 5.48. The second kappa shape index (κ2) is 8.34. The van der Waals surface area contributed by atoms with Gasteiger partial charge in [-0.3, -0.25) is 9.78 Å². The Balaban J connectivity index is 1.43. The molecule has 1 N–H and O–H groups in total. The number of para-hydroxylation sites is 1. The normalized spacial score (nSPS) is 19.4. The van der Waals surface area contributed by atoms with E-state index in [0.29, 0.717) is 19.6 Å². The number of hydrogen-bond acceptors (Lipinski definition) is 3. The molecule has 1 amide bonds. The fraction of sp³-hybridized carbons (Fsp3) is 0.360. The average Bonchev–Trinajstić information content (AvgIpc) is 3.15. The zero-order valence-corrected chi connectivity index (χ0v) is 17.1. The highest BCUT2D eigenvalue weighted by Gasteiger charge is 2.32. The number of aromatic nitrogens is 1. The van der Waals surface area contributed by atoms with E-state index in [4.69, 9.17) is 4.74 Å². The lowest BCUT2D eigenvalue weighted by Crippen LogP contribution is -2.42. The Bertz CT molecular complexity index is 979. The van der Waals surface area contributed by atoms with Crippen molar-refractivity contribution in [3.8, 4) is 0 Å². The first-order valence-corrected chi connectivity index (χ1v) is 10.3. The number of carbonyl (C=O) groups excluding carboxylic acids is 1. The van der Waals surface area contributed by atoms with E-state index >= 15 is 0 Å². The van der Waals surface area contributed by atoms with E-state index in [1.54, 1.807) is 0 Å². The average molecular weight is 389 g/mol. The van der Waals surface area contributed by atoms with E-state index in [9.17, 15) is 4.79 Å². The molecule has 2 aromatic carbocycles. The molecule has 1 aliphatic heterocycles. The third kappa shape index (κ3) is 4.48. The number of fused-ring (bicyclic) bond motifs is 1. The van der Waals surface area contributed by atoms with Crippen molar-refractivity contribution in [3.05, 3.63) is 78.0 Å². The van der Waals surface area contributed by atoms with Gasteiger partial charge in [0.25, 0.3) is 0 Å². The smallest absolute Gasteiger partial charge is 0.221 e. The highest BCUT2D eigenvalue weighted by atomic mass is 16.5. The van der Waals surface area contributed by atoms with Crippen molar-refractivity contribution in [1.29, 1.82) is 0 Å². The van der Waals surface area contributed by atoms with Crippen LogP contribution in [0, 0.1) is 5.92 Å². The van der Waals surface area contributed by atoms with Crippen LogP contribution < -0.4 is 5.32 Å². The molecule has 0 aliphatic carbocycles. The molecule has 2 heterocycles. The molecular formula is C25H28N2O2. The molecule has 0 spiro atoms. The molecule has 0 radical (unpaired) electrons. The third-order valence-electron chi connectivity index (χ3n) is 5.92. The third-order valence-corrected chi connectivity index (χ3v) is 5.92. The number of pyridine rings is 1. The van der Waals surface area contributed by atoms with Crippen molar-refractivity contribution >= 4 is 16.8 Å². The Kier molecular flexibility index (Phi) is 5.63. The van der Waals surface area contributed by atoms with Crippen LogP contribution in [-0.4, -0.2) is 30.1 Å². The number of rotatable bonds is 6. The summed E-state index contributed by atoms with van der Waals surface area (Å²) in [6, 6.07) is 20.6. The number of benzene rings is 2. The molecule has 4 heteroatoms. The minimum absolute atomic E-state index is 0.0426. The molecule has 1 aliphatic rings. The summed E-state index contributed by atoms with van der Waals surface area (Å²) in [6.07, 6.45) is 3.19. The maximum Gasteiger partial charge on any atom is 0.221 e. The van der Waals surface area contributed by atoms with Crippen LogP contribution in [-0.2, 0) is 21.4 Å². The van der Waals surface area contributed by atoms with Crippen LogP contribution in [0.3, 0.4) is 0 Å². The summed E-state index contributed by atoms with van der Waals surface area (Å²) in [5, 5.41) is 4.42. The molecule has 0 bridgehead atoms. The second-order valence-electron chi connectivity index (χ2n) is 8.59. The summed E-state index contributed by atoms with van der Waals surface area (Å²) in [5.41, 5.74) is 3.24. The first-order chi connectivity index (χ1) is 14.0. The van der Waals surface area contributed by atoms with Crippen LogP contribution in [0.2, 0.25) is 0 Å². The summed E-state index contributed by atoms with van der Waals surface area (Å²) in [5.74, 6) is 0.350. The lowest BCUT2D eigenvalue weighted by molar-refractivity contribution is -0.123. The van der Waals surface area contributed by atoms with Gasteiger partial charge in [-0.25, -0.2) is 0 Å². The number of nitrogens with one attached hydrogen (secondary N) is 1. The molecule has 0 unspecified atom stereocenters. The van der Waals surface area contributed by atoms with Crippen LogP contribution >= 0.6 is 0 Å². The van der Waals surface area contributed by atoms with Crippen LogP contribution in [0.15, 0.2) is 66.9 Å². The number of hydrogen-bond donors (Lipinski definition) is 1. The van der Waals surface area contributed by atoms with Gasteiger partial charge < -0.3 is 10.1 Å². The van der Waals surface area contributed by atoms with Gasteiger partial charge in [-0.15, -0.1) is 0 Å². The molecule has 4 rings (SSSR count). The number of carbonyl (C=O) groups is 1. The van der Waals surface area contributed by atoms with Gasteiger partial charge in [0.05, 0.1) is 24.8 Å². The summed E-state index contributed by atoms with van der Waals surface area (Å²) >= 11 is 0. The Hall–Kier alpha value is -2.72. The first-order valence-electron chi connectivity index (χ1n) is 10.3. The van der Waals surface area contributed by atoms with Crippen LogP contribution in [0.4, 0.5) is 0 Å². The van der Waals surface area contributed by atoms with Gasteiger partial charge in [-0.2, -0.15) is 0 Å². The molecule has 4 nitrogen and oxygen atoms in total. The lowest BCUT2D eigenvalue weighted by atomic mass is 9.81. The van der Waals surface area contributed by atoms with E-state index in [1.165, 1.54) is 16.5 Å². The predicted molar refractivity (Wildman–Crippen MR) is 116 cm³/mol. The molecule has 1 aromatic heterocycles. The first kappa shape index (κ1) is 19.6. The fourth-order valence-corrected chi connectivity index (χ4v) is 4.23. The molecular weight excluding hydrogens is 360 g/mol. The number of nitrogens with zero attached hydrogens (tertiary/aromatic N) is 1. The minimum atomic E-state index is -0.207. The zero-order valence-electron chi connectivity index (χ0n) is 17.1. The van der Waals surface area contributed by atoms with E-state index in [2.05, 4.69) is 48.4 Å². The van der Waals surface area contributed by atoms with E-state index in [0.717, 1.165) is 11.9 Å². The highest BCUT2D eigenvalue weighted by molar-refractivity contribution is 5.82. The van der Waals surface area contributed by atoms with Crippen LogP contribution in [0.25, 0.3) is 10.9 Å². The summed E-state index contributed by atoms with van der Waals surface area (Å²) < 4.78 is 5.74. The predicted octanol–water partition coefficient (Wildman–Crippen LogP) is 4.28. The Morgan fingerprint density at radius 1 is 1.07 bits per heavy atom. The van der Waals surface area contributed by atoms with Crippen molar-refractivity contribution in [1.82, 2.24) is 10.3 Å². The van der Waals surface area contributed by atoms with Crippen molar-refractivity contribution in [3.63, 3.8) is 0 Å². The van der Waals surface area contributed by atoms with E-state index < -0.39 is 0 Å². The highest BCUT2D eigenvalue weighted by Crippen LogP contribution is 2.28.